The minimum atomic E-state index is -0.616. The Labute approximate surface area is 168 Å². The van der Waals surface area contributed by atoms with Crippen molar-refractivity contribution in [1.29, 1.82) is 0 Å². The van der Waals surface area contributed by atoms with E-state index in [1.165, 1.54) is 7.05 Å². The number of para-hydroxylation sites is 2. The molecule has 0 saturated heterocycles. The number of carbonyl (C=O) groups is 3. The van der Waals surface area contributed by atoms with Crippen molar-refractivity contribution in [2.75, 3.05) is 20.2 Å². The molecular formula is C20H26N4O5. The number of nitrogens with one attached hydrogen (secondary N) is 2. The summed E-state index contributed by atoms with van der Waals surface area (Å²) in [5.74, 6) is -1.55. The van der Waals surface area contributed by atoms with E-state index in [2.05, 4.69) is 22.5 Å². The number of rotatable bonds is 10. The first kappa shape index (κ1) is 22.1. The highest BCUT2D eigenvalue weighted by Crippen LogP contribution is 2.12. The third kappa shape index (κ3) is 6.41. The van der Waals surface area contributed by atoms with E-state index in [1.807, 2.05) is 24.3 Å². The standard InChI is InChI=1S/C20H26N4O5/c1-3-4-11-24-16-8-6-5-7-14(16)23-15(20(24)28)9-10-19(27)29-13-18(26)22-12-17(25)21-2/h5-8H,3-4,9-13H2,1-2H3,(H,21,25)(H,22,26). The van der Waals surface area contributed by atoms with Crippen LogP contribution < -0.4 is 16.2 Å². The van der Waals surface area contributed by atoms with E-state index in [0.29, 0.717) is 17.8 Å². The molecule has 0 saturated carbocycles. The van der Waals surface area contributed by atoms with Crippen LogP contribution in [0.2, 0.25) is 0 Å². The van der Waals surface area contributed by atoms with Gasteiger partial charge in [0.2, 0.25) is 5.91 Å². The maximum atomic E-state index is 12.8. The zero-order chi connectivity index (χ0) is 21.2. The number of esters is 1. The Bertz CT molecular complexity index is 938. The molecule has 0 bridgehead atoms. The lowest BCUT2D eigenvalue weighted by Gasteiger charge is -2.12. The second kappa shape index (κ2) is 10.9. The van der Waals surface area contributed by atoms with Gasteiger partial charge in [-0.2, -0.15) is 0 Å². The quantitative estimate of drug-likeness (QED) is 0.560. The molecule has 1 heterocycles. The first-order valence-corrected chi connectivity index (χ1v) is 9.57. The predicted octanol–water partition coefficient (Wildman–Crippen LogP) is 0.535. The Morgan fingerprint density at radius 3 is 2.66 bits per heavy atom. The summed E-state index contributed by atoms with van der Waals surface area (Å²) in [6, 6.07) is 7.39. The number of ether oxygens (including phenoxy) is 1. The first-order chi connectivity index (χ1) is 14.0. The molecule has 2 rings (SSSR count). The van der Waals surface area contributed by atoms with Gasteiger partial charge in [0, 0.05) is 20.0 Å². The van der Waals surface area contributed by atoms with Crippen LogP contribution in [0, 0.1) is 0 Å². The fourth-order valence-corrected chi connectivity index (χ4v) is 2.70. The maximum Gasteiger partial charge on any atom is 0.306 e. The van der Waals surface area contributed by atoms with E-state index in [1.54, 1.807) is 4.57 Å². The summed E-state index contributed by atoms with van der Waals surface area (Å²) in [6.45, 7) is 1.96. The smallest absolute Gasteiger partial charge is 0.306 e. The third-order valence-corrected chi connectivity index (χ3v) is 4.31. The molecule has 1 aromatic heterocycles. The normalized spacial score (nSPS) is 10.6. The van der Waals surface area contributed by atoms with Crippen LogP contribution in [0.5, 0.6) is 0 Å². The summed E-state index contributed by atoms with van der Waals surface area (Å²) < 4.78 is 6.59. The van der Waals surface area contributed by atoms with Crippen LogP contribution in [0.15, 0.2) is 29.1 Å². The number of unbranched alkanes of at least 4 members (excludes halogenated alkanes) is 1. The number of nitrogens with zero attached hydrogens (tertiary/aromatic N) is 2. The van der Waals surface area contributed by atoms with E-state index in [4.69, 9.17) is 4.74 Å². The van der Waals surface area contributed by atoms with E-state index in [-0.39, 0.29) is 30.9 Å². The second-order valence-electron chi connectivity index (χ2n) is 6.47. The summed E-state index contributed by atoms with van der Waals surface area (Å²) in [5, 5.41) is 4.68. The van der Waals surface area contributed by atoms with Gasteiger partial charge in [-0.1, -0.05) is 25.5 Å². The van der Waals surface area contributed by atoms with Crippen LogP contribution in [0.1, 0.15) is 31.9 Å². The molecular weight excluding hydrogens is 376 g/mol. The summed E-state index contributed by atoms with van der Waals surface area (Å²) in [5.41, 5.74) is 1.54. The van der Waals surface area contributed by atoms with Crippen LogP contribution >= 0.6 is 0 Å². The number of fused-ring (bicyclic) bond motifs is 1. The van der Waals surface area contributed by atoms with Gasteiger partial charge in [-0.15, -0.1) is 0 Å². The molecule has 2 aromatic rings. The van der Waals surface area contributed by atoms with Crippen LogP contribution in [0.4, 0.5) is 0 Å². The summed E-state index contributed by atoms with van der Waals surface area (Å²) >= 11 is 0. The average molecular weight is 402 g/mol. The number of carbonyl (C=O) groups excluding carboxylic acids is 3. The van der Waals surface area contributed by atoms with Gasteiger partial charge < -0.3 is 19.9 Å². The molecule has 156 valence electrons. The fraction of sp³-hybridized carbons (Fsp3) is 0.450. The van der Waals surface area contributed by atoms with Crippen LogP contribution in [-0.4, -0.2) is 47.5 Å². The third-order valence-electron chi connectivity index (χ3n) is 4.31. The van der Waals surface area contributed by atoms with Gasteiger partial charge in [-0.25, -0.2) is 4.98 Å². The minimum absolute atomic E-state index is 0.0723. The van der Waals surface area contributed by atoms with Gasteiger partial charge in [-0.05, 0) is 18.6 Å². The highest BCUT2D eigenvalue weighted by molar-refractivity contribution is 5.86. The lowest BCUT2D eigenvalue weighted by molar-refractivity contribution is -0.148. The van der Waals surface area contributed by atoms with Crippen molar-refractivity contribution in [2.45, 2.75) is 39.2 Å². The van der Waals surface area contributed by atoms with E-state index in [0.717, 1.165) is 18.4 Å². The Kier molecular flexibility index (Phi) is 8.32. The van der Waals surface area contributed by atoms with Gasteiger partial charge in [0.05, 0.1) is 24.0 Å². The zero-order valence-electron chi connectivity index (χ0n) is 16.7. The molecule has 9 heteroatoms. The molecule has 0 fully saturated rings. The highest BCUT2D eigenvalue weighted by Gasteiger charge is 2.14. The Morgan fingerprint density at radius 1 is 1.17 bits per heavy atom. The van der Waals surface area contributed by atoms with Gasteiger partial charge in [0.15, 0.2) is 6.61 Å². The number of aromatic nitrogens is 2. The number of hydrogen-bond donors (Lipinski definition) is 2. The topological polar surface area (TPSA) is 119 Å². The van der Waals surface area contributed by atoms with Crippen molar-refractivity contribution in [3.63, 3.8) is 0 Å². The predicted molar refractivity (Wildman–Crippen MR) is 107 cm³/mol. The van der Waals surface area contributed by atoms with Crippen molar-refractivity contribution in [3.05, 3.63) is 40.3 Å². The van der Waals surface area contributed by atoms with Gasteiger partial charge >= 0.3 is 5.97 Å². The molecule has 0 aliphatic carbocycles. The lowest BCUT2D eigenvalue weighted by atomic mass is 10.2. The van der Waals surface area contributed by atoms with Crippen molar-refractivity contribution in [3.8, 4) is 0 Å². The van der Waals surface area contributed by atoms with Gasteiger partial charge in [0.25, 0.3) is 11.5 Å². The Hall–Kier alpha value is -3.23. The molecule has 9 nitrogen and oxygen atoms in total. The van der Waals surface area contributed by atoms with Crippen LogP contribution in [0.3, 0.4) is 0 Å². The number of amides is 2. The van der Waals surface area contributed by atoms with E-state index < -0.39 is 18.5 Å². The maximum absolute atomic E-state index is 12.8. The number of aryl methyl sites for hydroxylation is 2. The molecule has 0 radical (unpaired) electrons. The Balaban J connectivity index is 1.98. The van der Waals surface area contributed by atoms with Gasteiger partial charge in [-0.3, -0.25) is 19.2 Å². The van der Waals surface area contributed by atoms with E-state index >= 15 is 0 Å². The summed E-state index contributed by atoms with van der Waals surface area (Å²) in [6.07, 6.45) is 1.86. The zero-order valence-corrected chi connectivity index (χ0v) is 16.7. The molecule has 0 unspecified atom stereocenters. The Morgan fingerprint density at radius 2 is 1.93 bits per heavy atom. The summed E-state index contributed by atoms with van der Waals surface area (Å²) in [4.78, 5) is 51.7. The van der Waals surface area contributed by atoms with E-state index in [9.17, 15) is 19.2 Å². The largest absolute Gasteiger partial charge is 0.456 e. The highest BCUT2D eigenvalue weighted by atomic mass is 16.5. The number of hydrogen-bond acceptors (Lipinski definition) is 6. The SMILES string of the molecule is CCCCn1c(=O)c(CCC(=O)OCC(=O)NCC(=O)NC)nc2ccccc21. The number of benzene rings is 1. The lowest BCUT2D eigenvalue weighted by Crippen LogP contribution is -2.37. The molecule has 0 atom stereocenters. The summed E-state index contributed by atoms with van der Waals surface area (Å²) in [7, 11) is 1.45. The molecule has 29 heavy (non-hydrogen) atoms. The average Bonchev–Trinajstić information content (AvgIpc) is 2.73. The van der Waals surface area contributed by atoms with Crippen molar-refractivity contribution >= 4 is 28.8 Å². The number of likely N-dealkylation sites (N-methyl/N-ethyl adjacent to an activating group) is 1. The molecule has 1 aromatic carbocycles. The first-order valence-electron chi connectivity index (χ1n) is 9.57. The fourth-order valence-electron chi connectivity index (χ4n) is 2.70. The van der Waals surface area contributed by atoms with Crippen molar-refractivity contribution in [1.82, 2.24) is 20.2 Å². The second-order valence-corrected chi connectivity index (χ2v) is 6.47. The minimum Gasteiger partial charge on any atom is -0.456 e. The van der Waals surface area contributed by atoms with Gasteiger partial charge in [0.1, 0.15) is 5.69 Å². The van der Waals surface area contributed by atoms with Crippen molar-refractivity contribution in [2.24, 2.45) is 0 Å². The molecule has 0 aliphatic heterocycles. The molecule has 0 aliphatic rings. The van der Waals surface area contributed by atoms with Crippen molar-refractivity contribution < 1.29 is 19.1 Å². The van der Waals surface area contributed by atoms with Crippen LogP contribution in [-0.2, 0) is 32.1 Å². The molecule has 2 N–H and O–H groups in total. The van der Waals surface area contributed by atoms with Crippen LogP contribution in [0.25, 0.3) is 11.0 Å². The monoisotopic (exact) mass is 402 g/mol. The molecule has 0 spiro atoms. The molecule has 2 amide bonds.